The minimum Gasteiger partial charge on any atom is -0.494 e. The van der Waals surface area contributed by atoms with Crippen molar-refractivity contribution in [3.05, 3.63) is 34.4 Å². The third-order valence-electron chi connectivity index (χ3n) is 7.09. The normalized spacial score (nSPS) is 22.7. The number of nitrogens with one attached hydrogen (secondary N) is 1. The summed E-state index contributed by atoms with van der Waals surface area (Å²) in [5.41, 5.74) is 7.39. The van der Waals surface area contributed by atoms with Crippen molar-refractivity contribution >= 4 is 17.0 Å². The van der Waals surface area contributed by atoms with E-state index in [9.17, 15) is 9.18 Å². The zero-order valence-electron chi connectivity index (χ0n) is 18.4. The highest BCUT2D eigenvalue weighted by Gasteiger charge is 2.47. The van der Waals surface area contributed by atoms with Gasteiger partial charge in [0.05, 0.1) is 19.8 Å². The Morgan fingerprint density at radius 1 is 1.34 bits per heavy atom. The molecular weight excluding hydrogens is 415 g/mol. The number of halogens is 1. The Labute approximate surface area is 184 Å². The van der Waals surface area contributed by atoms with E-state index in [1.54, 1.807) is 13.1 Å². The molecule has 1 aromatic carbocycles. The van der Waals surface area contributed by atoms with E-state index in [1.807, 2.05) is 6.92 Å². The van der Waals surface area contributed by atoms with Crippen LogP contribution in [0.15, 0.2) is 23.0 Å². The summed E-state index contributed by atoms with van der Waals surface area (Å²) in [5, 5.41) is 7.44. The van der Waals surface area contributed by atoms with Crippen LogP contribution in [-0.4, -0.2) is 58.7 Å². The highest BCUT2D eigenvalue weighted by Crippen LogP contribution is 2.41. The van der Waals surface area contributed by atoms with E-state index < -0.39 is 5.82 Å². The van der Waals surface area contributed by atoms with Crippen LogP contribution >= 0.6 is 0 Å². The average molecular weight is 442 g/mol. The van der Waals surface area contributed by atoms with Gasteiger partial charge in [-0.1, -0.05) is 0 Å². The zero-order valence-corrected chi connectivity index (χ0v) is 18.4. The van der Waals surface area contributed by atoms with Crippen molar-refractivity contribution in [2.45, 2.75) is 31.9 Å². The molecule has 1 spiro atoms. The van der Waals surface area contributed by atoms with Crippen molar-refractivity contribution in [2.24, 2.45) is 18.2 Å². The number of hydrogen-bond donors (Lipinski definition) is 2. The number of methoxy groups -OCH3 is 1. The SMILES string of the molecule is COc1ccc(-c2n[nH]c3nc(N4CCC5(CC4)CO[C@@H](C)[C@H]5N)n(C)c(=O)c23)cc1F. The van der Waals surface area contributed by atoms with Crippen molar-refractivity contribution in [2.75, 3.05) is 31.7 Å². The summed E-state index contributed by atoms with van der Waals surface area (Å²) in [7, 11) is 3.10. The molecule has 2 aliphatic heterocycles. The molecule has 2 fully saturated rings. The van der Waals surface area contributed by atoms with Crippen LogP contribution in [0.1, 0.15) is 19.8 Å². The molecule has 2 atom stereocenters. The molecule has 4 heterocycles. The summed E-state index contributed by atoms with van der Waals surface area (Å²) in [6.07, 6.45) is 1.82. The molecule has 2 saturated heterocycles. The number of H-pyrrole nitrogens is 1. The van der Waals surface area contributed by atoms with Gasteiger partial charge in [0.1, 0.15) is 11.1 Å². The number of anilines is 1. The van der Waals surface area contributed by atoms with Crippen LogP contribution in [0.25, 0.3) is 22.3 Å². The second kappa shape index (κ2) is 7.56. The first kappa shape index (κ1) is 20.9. The molecule has 0 aliphatic carbocycles. The summed E-state index contributed by atoms with van der Waals surface area (Å²) >= 11 is 0. The van der Waals surface area contributed by atoms with Crippen LogP contribution in [0.5, 0.6) is 5.75 Å². The lowest BCUT2D eigenvalue weighted by atomic mass is 9.73. The number of aromatic amines is 1. The Bertz CT molecular complexity index is 1230. The van der Waals surface area contributed by atoms with Crippen LogP contribution in [0.2, 0.25) is 0 Å². The predicted molar refractivity (Wildman–Crippen MR) is 118 cm³/mol. The minimum absolute atomic E-state index is 0.0154. The molecule has 2 aromatic heterocycles. The molecule has 2 aliphatic rings. The zero-order chi connectivity index (χ0) is 22.6. The number of fused-ring (bicyclic) bond motifs is 1. The summed E-state index contributed by atoms with van der Waals surface area (Å²) in [4.78, 5) is 20.1. The Hall–Kier alpha value is -2.98. The van der Waals surface area contributed by atoms with Gasteiger partial charge in [0, 0.05) is 37.2 Å². The number of hydrogen-bond acceptors (Lipinski definition) is 7. The van der Waals surface area contributed by atoms with E-state index in [1.165, 1.54) is 23.8 Å². The maximum Gasteiger partial charge on any atom is 0.266 e. The molecule has 0 amide bonds. The van der Waals surface area contributed by atoms with E-state index in [0.717, 1.165) is 25.9 Å². The van der Waals surface area contributed by atoms with Crippen molar-refractivity contribution in [3.63, 3.8) is 0 Å². The molecule has 0 radical (unpaired) electrons. The first-order chi connectivity index (χ1) is 15.3. The lowest BCUT2D eigenvalue weighted by Crippen LogP contribution is -2.51. The molecule has 10 heteroatoms. The minimum atomic E-state index is -0.520. The van der Waals surface area contributed by atoms with E-state index in [0.29, 0.717) is 34.8 Å². The fourth-order valence-corrected chi connectivity index (χ4v) is 4.98. The Morgan fingerprint density at radius 3 is 2.72 bits per heavy atom. The fraction of sp³-hybridized carbons (Fsp3) is 0.500. The summed E-state index contributed by atoms with van der Waals surface area (Å²) < 4.78 is 26.5. The second-order valence-corrected chi connectivity index (χ2v) is 8.81. The van der Waals surface area contributed by atoms with E-state index in [4.69, 9.17) is 20.2 Å². The van der Waals surface area contributed by atoms with Gasteiger partial charge in [-0.3, -0.25) is 14.5 Å². The quantitative estimate of drug-likeness (QED) is 0.636. The van der Waals surface area contributed by atoms with Gasteiger partial charge in [-0.05, 0) is 38.0 Å². The van der Waals surface area contributed by atoms with Crippen molar-refractivity contribution in [3.8, 4) is 17.0 Å². The van der Waals surface area contributed by atoms with Gasteiger partial charge in [-0.2, -0.15) is 10.1 Å². The van der Waals surface area contributed by atoms with Gasteiger partial charge in [-0.15, -0.1) is 0 Å². The Morgan fingerprint density at radius 2 is 2.09 bits per heavy atom. The van der Waals surface area contributed by atoms with Gasteiger partial charge >= 0.3 is 0 Å². The number of nitrogens with zero attached hydrogens (tertiary/aromatic N) is 4. The van der Waals surface area contributed by atoms with Crippen LogP contribution < -0.4 is 20.9 Å². The first-order valence-electron chi connectivity index (χ1n) is 10.8. The second-order valence-electron chi connectivity index (χ2n) is 8.81. The first-order valence-corrected chi connectivity index (χ1v) is 10.8. The lowest BCUT2D eigenvalue weighted by Gasteiger charge is -2.41. The molecule has 9 nitrogen and oxygen atoms in total. The molecule has 170 valence electrons. The Balaban J connectivity index is 1.48. The number of nitrogens with two attached hydrogens (primary N) is 1. The molecule has 3 aromatic rings. The maximum absolute atomic E-state index is 14.2. The van der Waals surface area contributed by atoms with E-state index in [-0.39, 0.29) is 28.9 Å². The molecule has 32 heavy (non-hydrogen) atoms. The predicted octanol–water partition coefficient (Wildman–Crippen LogP) is 1.80. The maximum atomic E-state index is 14.2. The van der Waals surface area contributed by atoms with Crippen LogP contribution in [0, 0.1) is 11.2 Å². The molecule has 5 rings (SSSR count). The number of aromatic nitrogens is 4. The topological polar surface area (TPSA) is 111 Å². The summed E-state index contributed by atoms with van der Waals surface area (Å²) in [6.45, 7) is 4.17. The van der Waals surface area contributed by atoms with Gasteiger partial charge in [-0.25, -0.2) is 4.39 Å². The van der Waals surface area contributed by atoms with Gasteiger partial charge in [0.2, 0.25) is 5.95 Å². The van der Waals surface area contributed by atoms with Crippen LogP contribution in [0.3, 0.4) is 0 Å². The van der Waals surface area contributed by atoms with E-state index >= 15 is 0 Å². The van der Waals surface area contributed by atoms with Crippen LogP contribution in [0.4, 0.5) is 10.3 Å². The van der Waals surface area contributed by atoms with Gasteiger partial charge in [0.25, 0.3) is 5.56 Å². The number of piperidine rings is 1. The molecule has 3 N–H and O–H groups in total. The largest absolute Gasteiger partial charge is 0.494 e. The highest BCUT2D eigenvalue weighted by atomic mass is 19.1. The van der Waals surface area contributed by atoms with Gasteiger partial charge in [0.15, 0.2) is 17.2 Å². The third kappa shape index (κ3) is 3.08. The number of ether oxygens (including phenoxy) is 2. The number of rotatable bonds is 3. The molecule has 0 bridgehead atoms. The third-order valence-corrected chi connectivity index (χ3v) is 7.09. The van der Waals surface area contributed by atoms with Crippen molar-refractivity contribution in [1.29, 1.82) is 0 Å². The standard InChI is InChI=1S/C22H27FN6O3/c1-12-18(24)22(11-32-12)6-8-29(9-7-22)21-25-19-16(20(30)28(21)2)17(26-27-19)13-4-5-15(31-3)14(23)10-13/h4-5,10,12,18H,6-9,11,24H2,1-3H3,(H,26,27)/t12-,18+/m0/s1. The summed E-state index contributed by atoms with van der Waals surface area (Å²) in [6, 6.07) is 4.51. The summed E-state index contributed by atoms with van der Waals surface area (Å²) in [5.74, 6) is 0.189. The molecule has 0 unspecified atom stereocenters. The highest BCUT2D eigenvalue weighted by molar-refractivity contribution is 5.90. The monoisotopic (exact) mass is 442 g/mol. The van der Waals surface area contributed by atoms with E-state index in [2.05, 4.69) is 15.1 Å². The smallest absolute Gasteiger partial charge is 0.266 e. The molecule has 0 saturated carbocycles. The fourth-order valence-electron chi connectivity index (χ4n) is 4.98. The Kier molecular flexibility index (Phi) is 4.94. The average Bonchev–Trinajstić information content (AvgIpc) is 3.34. The van der Waals surface area contributed by atoms with Gasteiger partial charge < -0.3 is 20.1 Å². The number of benzene rings is 1. The van der Waals surface area contributed by atoms with Crippen LogP contribution in [-0.2, 0) is 11.8 Å². The lowest BCUT2D eigenvalue weighted by molar-refractivity contribution is 0.0973. The van der Waals surface area contributed by atoms with Crippen molar-refractivity contribution in [1.82, 2.24) is 19.7 Å². The van der Waals surface area contributed by atoms with Crippen molar-refractivity contribution < 1.29 is 13.9 Å². The molecular formula is C22H27FN6O3.